The maximum absolute atomic E-state index is 12.1. The van der Waals surface area contributed by atoms with Crippen molar-refractivity contribution >= 4 is 27.3 Å². The second-order valence-corrected chi connectivity index (χ2v) is 6.45. The highest BCUT2D eigenvalue weighted by atomic mass is 35.5. The number of halogens is 1. The van der Waals surface area contributed by atoms with E-state index in [4.69, 9.17) is 17.3 Å². The molecule has 1 heterocycles. The van der Waals surface area contributed by atoms with Crippen molar-refractivity contribution in [1.29, 1.82) is 0 Å². The number of aromatic nitrogens is 1. The van der Waals surface area contributed by atoms with Gasteiger partial charge < -0.3 is 5.73 Å². The van der Waals surface area contributed by atoms with Crippen molar-refractivity contribution in [3.8, 4) is 0 Å². The fourth-order valence-electron chi connectivity index (χ4n) is 1.64. The highest BCUT2D eigenvalue weighted by Gasteiger charge is 2.15. The first-order chi connectivity index (χ1) is 9.40. The Kier molecular flexibility index (Phi) is 4.27. The van der Waals surface area contributed by atoms with Crippen LogP contribution in [0.25, 0.3) is 0 Å². The molecule has 3 N–H and O–H groups in total. The highest BCUT2D eigenvalue weighted by Crippen LogP contribution is 2.22. The lowest BCUT2D eigenvalue weighted by atomic mass is 10.2. The van der Waals surface area contributed by atoms with Gasteiger partial charge in [-0.15, -0.1) is 0 Å². The average Bonchev–Trinajstić information content (AvgIpc) is 2.41. The van der Waals surface area contributed by atoms with Gasteiger partial charge in [0.05, 0.1) is 27.8 Å². The van der Waals surface area contributed by atoms with Gasteiger partial charge in [-0.2, -0.15) is 0 Å². The molecule has 2 aromatic rings. The maximum atomic E-state index is 12.1. The summed E-state index contributed by atoms with van der Waals surface area (Å²) in [6, 6.07) is 7.86. The normalized spacial score (nSPS) is 11.5. The van der Waals surface area contributed by atoms with Gasteiger partial charge in [0.2, 0.25) is 10.0 Å². The van der Waals surface area contributed by atoms with Crippen molar-refractivity contribution in [3.05, 3.63) is 52.8 Å². The largest absolute Gasteiger partial charge is 0.397 e. The topological polar surface area (TPSA) is 85.1 Å². The number of hydrogen-bond donors (Lipinski definition) is 2. The molecule has 106 valence electrons. The number of aryl methyl sites for hydroxylation is 1. The molecule has 7 heteroatoms. The first-order valence-electron chi connectivity index (χ1n) is 5.85. The average molecular weight is 312 g/mol. The molecule has 0 atom stereocenters. The Morgan fingerprint density at radius 2 is 2.10 bits per heavy atom. The number of nitrogens with one attached hydrogen (secondary N) is 1. The molecule has 2 rings (SSSR count). The van der Waals surface area contributed by atoms with Crippen molar-refractivity contribution < 1.29 is 8.42 Å². The number of rotatable bonds is 4. The molecule has 20 heavy (non-hydrogen) atoms. The third kappa shape index (κ3) is 3.27. The lowest BCUT2D eigenvalue weighted by molar-refractivity contribution is 0.580. The number of nitrogen functional groups attached to an aromatic ring is 1. The van der Waals surface area contributed by atoms with E-state index in [-0.39, 0.29) is 17.1 Å². The zero-order valence-electron chi connectivity index (χ0n) is 10.8. The Balaban J connectivity index is 2.19. The molecule has 1 aromatic carbocycles. The highest BCUT2D eigenvalue weighted by molar-refractivity contribution is 7.89. The molecule has 0 saturated carbocycles. The molecule has 0 saturated heterocycles. The van der Waals surface area contributed by atoms with Crippen LogP contribution >= 0.6 is 11.6 Å². The van der Waals surface area contributed by atoms with Crippen molar-refractivity contribution in [3.63, 3.8) is 0 Å². The number of nitrogens with two attached hydrogens (primary N) is 1. The number of hydrogen-bond acceptors (Lipinski definition) is 4. The summed E-state index contributed by atoms with van der Waals surface area (Å²) in [6.07, 6.45) is 1.62. The summed E-state index contributed by atoms with van der Waals surface area (Å²) in [7, 11) is -3.64. The molecular weight excluding hydrogens is 298 g/mol. The van der Waals surface area contributed by atoms with Crippen LogP contribution in [0.5, 0.6) is 0 Å². The van der Waals surface area contributed by atoms with Gasteiger partial charge in [0.25, 0.3) is 0 Å². The SMILES string of the molecule is Cc1cccnc1CNS(=O)(=O)c1ccc(Cl)c(N)c1. The smallest absolute Gasteiger partial charge is 0.240 e. The van der Waals surface area contributed by atoms with E-state index in [1.54, 1.807) is 12.3 Å². The molecule has 0 unspecified atom stereocenters. The van der Waals surface area contributed by atoms with E-state index in [1.807, 2.05) is 13.0 Å². The fourth-order valence-corrected chi connectivity index (χ4v) is 2.78. The van der Waals surface area contributed by atoms with E-state index >= 15 is 0 Å². The number of anilines is 1. The van der Waals surface area contributed by atoms with E-state index in [0.717, 1.165) is 5.56 Å². The van der Waals surface area contributed by atoms with Gasteiger partial charge in [-0.3, -0.25) is 4.98 Å². The minimum absolute atomic E-state index is 0.0768. The van der Waals surface area contributed by atoms with E-state index in [2.05, 4.69) is 9.71 Å². The maximum Gasteiger partial charge on any atom is 0.240 e. The summed E-state index contributed by atoms with van der Waals surface area (Å²) >= 11 is 5.77. The van der Waals surface area contributed by atoms with E-state index in [9.17, 15) is 8.42 Å². The van der Waals surface area contributed by atoms with Crippen LogP contribution in [0.2, 0.25) is 5.02 Å². The van der Waals surface area contributed by atoms with Crippen LogP contribution in [0.3, 0.4) is 0 Å². The van der Waals surface area contributed by atoms with Gasteiger partial charge in [0.15, 0.2) is 0 Å². The van der Waals surface area contributed by atoms with Crippen molar-refractivity contribution in [2.45, 2.75) is 18.4 Å². The molecule has 0 amide bonds. The summed E-state index contributed by atoms with van der Waals surface area (Å²) in [4.78, 5) is 4.21. The Hall–Kier alpha value is -1.63. The number of pyridine rings is 1. The van der Waals surface area contributed by atoms with Gasteiger partial charge in [-0.1, -0.05) is 17.7 Å². The predicted molar refractivity (Wildman–Crippen MR) is 78.9 cm³/mol. The summed E-state index contributed by atoms with van der Waals surface area (Å²) in [5.41, 5.74) is 7.44. The van der Waals surface area contributed by atoms with Crippen LogP contribution in [0.15, 0.2) is 41.4 Å². The van der Waals surface area contributed by atoms with Crippen LogP contribution in [0, 0.1) is 6.92 Å². The first-order valence-corrected chi connectivity index (χ1v) is 7.71. The summed E-state index contributed by atoms with van der Waals surface area (Å²) in [6.45, 7) is 1.99. The molecule has 0 aliphatic rings. The zero-order valence-corrected chi connectivity index (χ0v) is 12.4. The standard InChI is InChI=1S/C13H14ClN3O2S/c1-9-3-2-6-16-13(9)8-17-20(18,19)10-4-5-11(14)12(15)7-10/h2-7,17H,8,15H2,1H3. The lowest BCUT2D eigenvalue weighted by Gasteiger charge is -2.09. The van der Waals surface area contributed by atoms with Crippen LogP contribution in [-0.2, 0) is 16.6 Å². The molecule has 0 bridgehead atoms. The third-order valence-electron chi connectivity index (χ3n) is 2.83. The minimum Gasteiger partial charge on any atom is -0.397 e. The summed E-state index contributed by atoms with van der Waals surface area (Å²) < 4.78 is 26.8. The van der Waals surface area contributed by atoms with E-state index in [1.165, 1.54) is 18.2 Å². The zero-order chi connectivity index (χ0) is 14.8. The fraction of sp³-hybridized carbons (Fsp3) is 0.154. The Morgan fingerprint density at radius 3 is 2.75 bits per heavy atom. The second kappa shape index (κ2) is 5.78. The number of benzene rings is 1. The van der Waals surface area contributed by atoms with Crippen molar-refractivity contribution in [2.75, 3.05) is 5.73 Å². The Bertz CT molecular complexity index is 732. The van der Waals surface area contributed by atoms with Crippen LogP contribution in [0.4, 0.5) is 5.69 Å². The van der Waals surface area contributed by atoms with Crippen LogP contribution < -0.4 is 10.5 Å². The van der Waals surface area contributed by atoms with E-state index in [0.29, 0.717) is 10.7 Å². The molecule has 0 aliphatic heterocycles. The number of nitrogens with zero attached hydrogens (tertiary/aromatic N) is 1. The van der Waals surface area contributed by atoms with Gasteiger partial charge >= 0.3 is 0 Å². The Labute approximate surface area is 122 Å². The molecule has 0 fully saturated rings. The predicted octanol–water partition coefficient (Wildman–Crippen LogP) is 2.10. The second-order valence-electron chi connectivity index (χ2n) is 4.27. The Morgan fingerprint density at radius 1 is 1.35 bits per heavy atom. The molecular formula is C13H14ClN3O2S. The van der Waals surface area contributed by atoms with E-state index < -0.39 is 10.0 Å². The quantitative estimate of drug-likeness (QED) is 0.847. The van der Waals surface area contributed by atoms with Gasteiger partial charge in [0.1, 0.15) is 0 Å². The first kappa shape index (κ1) is 14.8. The van der Waals surface area contributed by atoms with Gasteiger partial charge in [-0.25, -0.2) is 13.1 Å². The van der Waals surface area contributed by atoms with Crippen LogP contribution in [0.1, 0.15) is 11.3 Å². The molecule has 0 radical (unpaired) electrons. The summed E-state index contributed by atoms with van der Waals surface area (Å²) in [5, 5.41) is 0.324. The van der Waals surface area contributed by atoms with Crippen molar-refractivity contribution in [2.24, 2.45) is 0 Å². The molecule has 0 aliphatic carbocycles. The molecule has 1 aromatic heterocycles. The van der Waals surface area contributed by atoms with Gasteiger partial charge in [0, 0.05) is 6.20 Å². The number of sulfonamides is 1. The van der Waals surface area contributed by atoms with Crippen LogP contribution in [-0.4, -0.2) is 13.4 Å². The molecule has 0 spiro atoms. The van der Waals surface area contributed by atoms with Gasteiger partial charge in [-0.05, 0) is 36.8 Å². The van der Waals surface area contributed by atoms with Crippen molar-refractivity contribution in [1.82, 2.24) is 9.71 Å². The third-order valence-corrected chi connectivity index (χ3v) is 4.57. The molecule has 5 nitrogen and oxygen atoms in total. The monoisotopic (exact) mass is 311 g/mol. The lowest BCUT2D eigenvalue weighted by Crippen LogP contribution is -2.24. The minimum atomic E-state index is -3.64. The summed E-state index contributed by atoms with van der Waals surface area (Å²) in [5.74, 6) is 0.